The highest BCUT2D eigenvalue weighted by Gasteiger charge is 2.68. The summed E-state index contributed by atoms with van der Waals surface area (Å²) in [5, 5.41) is 72.5. The topological polar surface area (TPSA) is 266 Å². The van der Waals surface area contributed by atoms with Gasteiger partial charge in [0.25, 0.3) is 0 Å². The number of carboxylic acids is 1. The average molecular weight is 946 g/mol. The molecule has 9 rings (SSSR count). The van der Waals surface area contributed by atoms with Crippen LogP contribution in [0, 0.1) is 34.5 Å². The van der Waals surface area contributed by atoms with Crippen LogP contribution in [-0.4, -0.2) is 146 Å². The molecule has 1 aromatic rings. The summed E-state index contributed by atoms with van der Waals surface area (Å²) in [6.45, 7) is 10.4. The van der Waals surface area contributed by atoms with Crippen molar-refractivity contribution >= 4 is 11.9 Å². The minimum atomic E-state index is -1.02. The normalized spacial score (nSPS) is 46.7. The van der Waals surface area contributed by atoms with Gasteiger partial charge in [0.05, 0.1) is 48.3 Å². The first kappa shape index (κ1) is 50.6. The summed E-state index contributed by atoms with van der Waals surface area (Å²) in [5.74, 6) is 0.273. The molecule has 4 aliphatic carbocycles. The number of benzene rings is 1. The van der Waals surface area contributed by atoms with Crippen molar-refractivity contribution < 1.29 is 78.5 Å². The first-order valence-electron chi connectivity index (χ1n) is 24.7. The van der Waals surface area contributed by atoms with Crippen molar-refractivity contribution in [2.45, 2.75) is 210 Å². The summed E-state index contributed by atoms with van der Waals surface area (Å²) in [5.41, 5.74) is 6.34. The number of aliphatic hydroxyl groups excluding tert-OH is 4. The third kappa shape index (κ3) is 10.2. The largest absolute Gasteiger partial charge is 0.508 e. The maximum atomic E-state index is 12.6. The lowest BCUT2D eigenvalue weighted by Gasteiger charge is -2.64. The number of aliphatic carboxylic acids is 1. The van der Waals surface area contributed by atoms with Crippen LogP contribution in [0.3, 0.4) is 0 Å². The number of phenolic OH excluding ortho intramolecular Hbond substituents is 1. The fraction of sp³-hybridized carbons (Fsp3) is 0.800. The number of carboxylic acid groups (broad SMARTS) is 1. The second kappa shape index (κ2) is 20.1. The van der Waals surface area contributed by atoms with E-state index >= 15 is 0 Å². The van der Waals surface area contributed by atoms with E-state index in [-0.39, 0.29) is 66.2 Å². The molecule has 21 atom stereocenters. The van der Waals surface area contributed by atoms with Gasteiger partial charge in [-0.05, 0) is 137 Å². The third-order valence-electron chi connectivity index (χ3n) is 17.6. The molecule has 0 bridgehead atoms. The number of aliphatic hydroxyl groups is 5. The number of nitrogens with two attached hydrogens (primary N) is 1. The molecule has 17 heteroatoms. The van der Waals surface area contributed by atoms with Crippen molar-refractivity contribution in [2.75, 3.05) is 6.61 Å². The molecule has 4 saturated carbocycles. The van der Waals surface area contributed by atoms with E-state index in [9.17, 15) is 35.1 Å². The van der Waals surface area contributed by atoms with Gasteiger partial charge in [0.2, 0.25) is 0 Å². The first-order chi connectivity index (χ1) is 31.7. The maximum Gasteiger partial charge on any atom is 0.331 e. The number of carbonyl (C=O) groups excluding carboxylic acids is 1. The van der Waals surface area contributed by atoms with Crippen molar-refractivity contribution in [2.24, 2.45) is 40.2 Å². The second-order valence-electron chi connectivity index (χ2n) is 21.6. The summed E-state index contributed by atoms with van der Waals surface area (Å²) >= 11 is 0. The SMILES string of the molecule is C[C@H]1O[C@@H](O[C@H]2[C@@H](O)C[C@H](O[C@H]3[C@@H](O)C[C@H](O[C@H]4CC[C@@]5(C)[C@H](CC[C@@H]6[C@@H]5CC[C@]5(C)[C@@H](C7=CC(=O)OC7)CC[C@]65O)C4)O[C@@H]3C)O[C@@H]2C)C[C@H](O)[C@@H]1O.NC(Cc1ccc(O)cc1)C(=O)O. The van der Waals surface area contributed by atoms with Crippen molar-refractivity contribution in [1.82, 2.24) is 0 Å². The first-order valence-corrected chi connectivity index (χ1v) is 24.7. The number of rotatable bonds is 10. The molecular weight excluding hydrogens is 871 g/mol. The minimum absolute atomic E-state index is 0.0243. The number of carbonyl (C=O) groups is 2. The highest BCUT2D eigenvalue weighted by atomic mass is 16.7. The van der Waals surface area contributed by atoms with Crippen molar-refractivity contribution in [3.63, 3.8) is 0 Å². The molecule has 3 saturated heterocycles. The third-order valence-corrected chi connectivity index (χ3v) is 17.6. The molecule has 1 unspecified atom stereocenters. The van der Waals surface area contributed by atoms with Crippen molar-refractivity contribution in [3.8, 4) is 5.75 Å². The smallest absolute Gasteiger partial charge is 0.331 e. The number of phenols is 1. The molecule has 4 heterocycles. The zero-order valence-corrected chi connectivity index (χ0v) is 39.6. The Kier molecular flexibility index (Phi) is 15.2. The van der Waals surface area contributed by atoms with Gasteiger partial charge in [-0.2, -0.15) is 0 Å². The molecule has 9 N–H and O–H groups in total. The number of hydrogen-bond acceptors (Lipinski definition) is 16. The lowest BCUT2D eigenvalue weighted by atomic mass is 9.43. The summed E-state index contributed by atoms with van der Waals surface area (Å²) in [6, 6.07) is 5.42. The van der Waals surface area contributed by atoms with E-state index in [2.05, 4.69) is 13.8 Å². The molecule has 4 aliphatic heterocycles. The Hall–Kier alpha value is -2.78. The second-order valence-corrected chi connectivity index (χ2v) is 21.6. The van der Waals surface area contributed by atoms with Gasteiger partial charge in [-0.15, -0.1) is 0 Å². The molecule has 67 heavy (non-hydrogen) atoms. The lowest BCUT2D eigenvalue weighted by molar-refractivity contribution is -0.336. The number of esters is 1. The van der Waals surface area contributed by atoms with Crippen LogP contribution in [0.5, 0.6) is 5.75 Å². The lowest BCUT2D eigenvalue weighted by Crippen LogP contribution is -2.62. The Balaban J connectivity index is 0.000000406. The summed E-state index contributed by atoms with van der Waals surface area (Å²) < 4.78 is 42.2. The Morgan fingerprint density at radius 1 is 0.761 bits per heavy atom. The molecule has 0 amide bonds. The average Bonchev–Trinajstić information content (AvgIpc) is 3.82. The Morgan fingerprint density at radius 2 is 1.36 bits per heavy atom. The predicted molar refractivity (Wildman–Crippen MR) is 239 cm³/mol. The van der Waals surface area contributed by atoms with Crippen LogP contribution < -0.4 is 5.73 Å². The van der Waals surface area contributed by atoms with Gasteiger partial charge < -0.3 is 74.6 Å². The molecule has 7 fully saturated rings. The monoisotopic (exact) mass is 946 g/mol. The molecule has 0 spiro atoms. The zero-order valence-electron chi connectivity index (χ0n) is 39.6. The number of fused-ring (bicyclic) bond motifs is 5. The van der Waals surface area contributed by atoms with Crippen LogP contribution in [-0.2, 0) is 49.2 Å². The van der Waals surface area contributed by atoms with E-state index in [1.807, 2.05) is 6.92 Å². The number of ether oxygens (including phenoxy) is 7. The van der Waals surface area contributed by atoms with Gasteiger partial charge in [0.15, 0.2) is 18.9 Å². The van der Waals surface area contributed by atoms with Gasteiger partial charge >= 0.3 is 11.9 Å². The highest BCUT2D eigenvalue weighted by molar-refractivity contribution is 5.85. The molecule has 376 valence electrons. The molecular formula is C50H75NO16. The number of hydrogen-bond donors (Lipinski definition) is 8. The van der Waals surface area contributed by atoms with Gasteiger partial charge in [-0.1, -0.05) is 26.0 Å². The van der Waals surface area contributed by atoms with Crippen LogP contribution in [0.4, 0.5) is 0 Å². The van der Waals surface area contributed by atoms with Crippen LogP contribution >= 0.6 is 0 Å². The Morgan fingerprint density at radius 3 is 1.93 bits per heavy atom. The Bertz CT molecular complexity index is 1880. The summed E-state index contributed by atoms with van der Waals surface area (Å²) in [4.78, 5) is 22.3. The maximum absolute atomic E-state index is 12.6. The summed E-state index contributed by atoms with van der Waals surface area (Å²) in [7, 11) is 0. The standard InChI is InChI=1S/C41H64O13.C9H11NO3/c1-20-36(46)29(42)16-34(49-20)53-38-22(3)51-35(18-31(38)44)54-37-21(2)50-33(17-30(37)43)52-25-8-11-39(4)24(15-25)6-7-28-27(39)9-12-40(5)26(10-13-41(28,40)47)23-14-32(45)48-19-23;10-8(9(12)13)5-6-1-3-7(11)4-2-6/h14,20-22,24-31,33-38,42-44,46-47H,6-13,15-19H2,1-5H3;1-4,8,11H,5,10H2,(H,12,13)/t20-,21-,22-,24-,25+,26-,27+,28-,29+,30+,31+,33+,34+,35+,36-,37-,38-,39+,40-,41+;/m1./s1. The minimum Gasteiger partial charge on any atom is -0.508 e. The number of aromatic hydroxyl groups is 1. The zero-order chi connectivity index (χ0) is 48.2. The fourth-order valence-corrected chi connectivity index (χ4v) is 13.8. The quantitative estimate of drug-likeness (QED) is 0.123. The van der Waals surface area contributed by atoms with E-state index in [0.29, 0.717) is 18.4 Å². The molecule has 8 aliphatic rings. The molecule has 17 nitrogen and oxygen atoms in total. The van der Waals surface area contributed by atoms with Gasteiger partial charge in [-0.25, -0.2) is 4.79 Å². The van der Waals surface area contributed by atoms with Gasteiger partial charge in [-0.3, -0.25) is 4.79 Å². The van der Waals surface area contributed by atoms with Crippen molar-refractivity contribution in [1.29, 1.82) is 0 Å². The Labute approximate surface area is 393 Å². The van der Waals surface area contributed by atoms with E-state index in [0.717, 1.165) is 68.9 Å². The van der Waals surface area contributed by atoms with E-state index in [4.69, 9.17) is 49.1 Å². The van der Waals surface area contributed by atoms with E-state index < -0.39 is 91.4 Å². The van der Waals surface area contributed by atoms with Crippen LogP contribution in [0.2, 0.25) is 0 Å². The van der Waals surface area contributed by atoms with Crippen LogP contribution in [0.15, 0.2) is 35.9 Å². The van der Waals surface area contributed by atoms with E-state index in [1.165, 1.54) is 12.1 Å². The molecule has 0 radical (unpaired) electrons. The van der Waals surface area contributed by atoms with Gasteiger partial charge in [0, 0.05) is 30.8 Å². The fourth-order valence-electron chi connectivity index (χ4n) is 13.8. The summed E-state index contributed by atoms with van der Waals surface area (Å²) in [6.07, 6.45) is 2.18. The van der Waals surface area contributed by atoms with Crippen LogP contribution in [0.1, 0.15) is 117 Å². The molecule has 0 aromatic heterocycles. The highest BCUT2D eigenvalue weighted by Crippen LogP contribution is 2.70. The molecule has 1 aromatic carbocycles. The van der Waals surface area contributed by atoms with E-state index in [1.54, 1.807) is 32.1 Å². The predicted octanol–water partition coefficient (Wildman–Crippen LogP) is 3.59. The van der Waals surface area contributed by atoms with Gasteiger partial charge in [0.1, 0.15) is 36.7 Å². The van der Waals surface area contributed by atoms with Crippen LogP contribution in [0.25, 0.3) is 0 Å². The number of cyclic esters (lactones) is 1. The van der Waals surface area contributed by atoms with Crippen molar-refractivity contribution in [3.05, 3.63) is 41.5 Å².